The summed E-state index contributed by atoms with van der Waals surface area (Å²) in [6, 6.07) is 13.8. The van der Waals surface area contributed by atoms with Gasteiger partial charge in [-0.15, -0.1) is 0 Å². The summed E-state index contributed by atoms with van der Waals surface area (Å²) in [6.07, 6.45) is -0.0302. The quantitative estimate of drug-likeness (QED) is 0.668. The van der Waals surface area contributed by atoms with E-state index in [4.69, 9.17) is 9.26 Å². The summed E-state index contributed by atoms with van der Waals surface area (Å²) < 4.78 is 11.1. The van der Waals surface area contributed by atoms with Gasteiger partial charge in [-0.05, 0) is 56.5 Å². The van der Waals surface area contributed by atoms with Crippen LogP contribution in [0.2, 0.25) is 0 Å². The van der Waals surface area contributed by atoms with Crippen molar-refractivity contribution in [3.63, 3.8) is 0 Å². The van der Waals surface area contributed by atoms with Crippen LogP contribution in [0.25, 0.3) is 11.4 Å². The van der Waals surface area contributed by atoms with E-state index in [0.717, 1.165) is 22.3 Å². The molecule has 0 aliphatic carbocycles. The third-order valence-corrected chi connectivity index (χ3v) is 4.29. The molecule has 0 aliphatic rings. The number of hydrogen-bond acceptors (Lipinski definition) is 5. The van der Waals surface area contributed by atoms with Crippen molar-refractivity contribution in [3.8, 4) is 17.1 Å². The smallest absolute Gasteiger partial charge is 0.261 e. The number of aromatic nitrogens is 2. The Labute approximate surface area is 164 Å². The predicted molar refractivity (Wildman–Crippen MR) is 107 cm³/mol. The zero-order valence-electron chi connectivity index (χ0n) is 16.7. The SMILES string of the molecule is CC[C@@H](Oc1cc(C)cc(C)c1)C(=O)NCc1nc(-c2cccc(C)c2)no1. The van der Waals surface area contributed by atoms with E-state index in [1.165, 1.54) is 0 Å². The lowest BCUT2D eigenvalue weighted by Crippen LogP contribution is -2.37. The third-order valence-electron chi connectivity index (χ3n) is 4.29. The van der Waals surface area contributed by atoms with Gasteiger partial charge in [-0.25, -0.2) is 0 Å². The minimum atomic E-state index is -0.583. The van der Waals surface area contributed by atoms with Gasteiger partial charge in [0, 0.05) is 5.56 Å². The molecule has 2 aromatic carbocycles. The molecule has 0 saturated heterocycles. The minimum absolute atomic E-state index is 0.157. The molecule has 28 heavy (non-hydrogen) atoms. The van der Waals surface area contributed by atoms with E-state index in [0.29, 0.717) is 23.9 Å². The van der Waals surface area contributed by atoms with Crippen molar-refractivity contribution >= 4 is 5.91 Å². The lowest BCUT2D eigenvalue weighted by Gasteiger charge is -2.17. The fourth-order valence-corrected chi connectivity index (χ4v) is 2.99. The fraction of sp³-hybridized carbons (Fsp3) is 0.318. The standard InChI is InChI=1S/C22H25N3O3/c1-5-19(27-18-11-15(3)9-16(4)12-18)22(26)23-13-20-24-21(25-28-20)17-8-6-7-14(2)10-17/h6-12,19H,5,13H2,1-4H3,(H,23,26)/t19-/m1/s1. The highest BCUT2D eigenvalue weighted by Gasteiger charge is 2.19. The first-order chi connectivity index (χ1) is 13.4. The molecule has 0 saturated carbocycles. The Bertz CT molecular complexity index is 945. The summed E-state index contributed by atoms with van der Waals surface area (Å²) in [7, 11) is 0. The van der Waals surface area contributed by atoms with Gasteiger partial charge < -0.3 is 14.6 Å². The molecule has 0 radical (unpaired) electrons. The Morgan fingerprint density at radius 2 is 1.86 bits per heavy atom. The first-order valence-corrected chi connectivity index (χ1v) is 9.37. The molecule has 3 aromatic rings. The highest BCUT2D eigenvalue weighted by atomic mass is 16.5. The lowest BCUT2D eigenvalue weighted by molar-refractivity contribution is -0.128. The van der Waals surface area contributed by atoms with Gasteiger partial charge in [0.05, 0.1) is 6.54 Å². The van der Waals surface area contributed by atoms with Crippen molar-refractivity contribution in [2.45, 2.75) is 46.8 Å². The second-order valence-corrected chi connectivity index (χ2v) is 6.94. The monoisotopic (exact) mass is 379 g/mol. The molecule has 6 heteroatoms. The Balaban J connectivity index is 1.61. The largest absolute Gasteiger partial charge is 0.481 e. The van der Waals surface area contributed by atoms with Crippen molar-refractivity contribution < 1.29 is 14.1 Å². The van der Waals surface area contributed by atoms with Crippen molar-refractivity contribution in [1.29, 1.82) is 0 Å². The van der Waals surface area contributed by atoms with Gasteiger partial charge in [0.2, 0.25) is 11.7 Å². The molecular weight excluding hydrogens is 354 g/mol. The first kappa shape index (κ1) is 19.6. The highest BCUT2D eigenvalue weighted by molar-refractivity contribution is 5.81. The molecule has 1 atom stereocenters. The molecule has 1 amide bonds. The molecule has 1 N–H and O–H groups in total. The topological polar surface area (TPSA) is 77.2 Å². The number of carbonyl (C=O) groups is 1. The first-order valence-electron chi connectivity index (χ1n) is 9.37. The van der Waals surface area contributed by atoms with Crippen molar-refractivity contribution in [1.82, 2.24) is 15.5 Å². The average molecular weight is 379 g/mol. The lowest BCUT2D eigenvalue weighted by atomic mass is 10.1. The van der Waals surface area contributed by atoms with E-state index in [1.54, 1.807) is 0 Å². The fourth-order valence-electron chi connectivity index (χ4n) is 2.99. The average Bonchev–Trinajstić information content (AvgIpc) is 3.12. The van der Waals surface area contributed by atoms with Crippen LogP contribution in [0, 0.1) is 20.8 Å². The van der Waals surface area contributed by atoms with Gasteiger partial charge in [0.1, 0.15) is 5.75 Å². The number of nitrogens with zero attached hydrogens (tertiary/aromatic N) is 2. The maximum atomic E-state index is 12.5. The maximum absolute atomic E-state index is 12.5. The third kappa shape index (κ3) is 4.97. The van der Waals surface area contributed by atoms with E-state index in [9.17, 15) is 4.79 Å². The van der Waals surface area contributed by atoms with Crippen LogP contribution in [-0.2, 0) is 11.3 Å². The van der Waals surface area contributed by atoms with E-state index in [-0.39, 0.29) is 12.5 Å². The van der Waals surface area contributed by atoms with E-state index >= 15 is 0 Å². The number of nitrogens with one attached hydrogen (secondary N) is 1. The predicted octanol–water partition coefficient (Wildman–Crippen LogP) is 4.14. The summed E-state index contributed by atoms with van der Waals surface area (Å²) in [5.41, 5.74) is 4.19. The van der Waals surface area contributed by atoms with Gasteiger partial charge >= 0.3 is 0 Å². The summed E-state index contributed by atoms with van der Waals surface area (Å²) >= 11 is 0. The number of carbonyl (C=O) groups excluding carboxylic acids is 1. The molecule has 6 nitrogen and oxygen atoms in total. The molecule has 1 heterocycles. The van der Waals surface area contributed by atoms with Crippen molar-refractivity contribution in [2.24, 2.45) is 0 Å². The molecular formula is C22H25N3O3. The molecule has 0 fully saturated rings. The molecule has 146 valence electrons. The Kier molecular flexibility index (Phi) is 6.09. The number of benzene rings is 2. The van der Waals surface area contributed by atoms with Crippen LogP contribution >= 0.6 is 0 Å². The van der Waals surface area contributed by atoms with Gasteiger partial charge in [0.15, 0.2) is 6.10 Å². The van der Waals surface area contributed by atoms with Crippen LogP contribution in [0.5, 0.6) is 5.75 Å². The number of ether oxygens (including phenoxy) is 1. The molecule has 0 spiro atoms. The van der Waals surface area contributed by atoms with Crippen LogP contribution in [0.3, 0.4) is 0 Å². The minimum Gasteiger partial charge on any atom is -0.481 e. The van der Waals surface area contributed by atoms with Crippen LogP contribution in [-0.4, -0.2) is 22.2 Å². The normalized spacial score (nSPS) is 11.9. The number of rotatable bonds is 7. The van der Waals surface area contributed by atoms with Crippen LogP contribution in [0.15, 0.2) is 47.0 Å². The number of amides is 1. The number of hydrogen-bond donors (Lipinski definition) is 1. The highest BCUT2D eigenvalue weighted by Crippen LogP contribution is 2.19. The Hall–Kier alpha value is -3.15. The summed E-state index contributed by atoms with van der Waals surface area (Å²) in [4.78, 5) is 16.9. The van der Waals surface area contributed by atoms with Crippen molar-refractivity contribution in [2.75, 3.05) is 0 Å². The Morgan fingerprint density at radius 3 is 2.54 bits per heavy atom. The summed E-state index contributed by atoms with van der Waals surface area (Å²) in [5, 5.41) is 6.80. The zero-order valence-corrected chi connectivity index (χ0v) is 16.7. The maximum Gasteiger partial charge on any atom is 0.261 e. The summed E-state index contributed by atoms with van der Waals surface area (Å²) in [6.45, 7) is 8.08. The zero-order chi connectivity index (χ0) is 20.1. The van der Waals surface area contributed by atoms with Crippen LogP contribution in [0.4, 0.5) is 0 Å². The van der Waals surface area contributed by atoms with E-state index < -0.39 is 6.10 Å². The molecule has 0 aliphatic heterocycles. The van der Waals surface area contributed by atoms with Gasteiger partial charge in [-0.1, -0.05) is 41.9 Å². The molecule has 1 aromatic heterocycles. The van der Waals surface area contributed by atoms with Crippen LogP contribution in [0.1, 0.15) is 35.9 Å². The van der Waals surface area contributed by atoms with E-state index in [2.05, 4.69) is 21.5 Å². The van der Waals surface area contributed by atoms with Crippen molar-refractivity contribution in [3.05, 3.63) is 65.0 Å². The number of aryl methyl sites for hydroxylation is 3. The molecule has 0 bridgehead atoms. The molecule has 3 rings (SSSR count). The van der Waals surface area contributed by atoms with Gasteiger partial charge in [0.25, 0.3) is 5.91 Å². The van der Waals surface area contributed by atoms with E-state index in [1.807, 2.05) is 64.1 Å². The second-order valence-electron chi connectivity index (χ2n) is 6.94. The Morgan fingerprint density at radius 1 is 1.11 bits per heavy atom. The second kappa shape index (κ2) is 8.69. The molecule has 0 unspecified atom stereocenters. The van der Waals surface area contributed by atoms with Gasteiger partial charge in [-0.2, -0.15) is 4.98 Å². The van der Waals surface area contributed by atoms with Crippen LogP contribution < -0.4 is 10.1 Å². The van der Waals surface area contributed by atoms with Gasteiger partial charge in [-0.3, -0.25) is 4.79 Å². The summed E-state index contributed by atoms with van der Waals surface area (Å²) in [5.74, 6) is 1.34.